The van der Waals surface area contributed by atoms with Crippen molar-refractivity contribution in [2.75, 3.05) is 0 Å². The summed E-state index contributed by atoms with van der Waals surface area (Å²) in [6, 6.07) is 12.6. The van der Waals surface area contributed by atoms with E-state index in [9.17, 15) is 0 Å². The maximum Gasteiger partial charge on any atom is 0.0761 e. The minimum atomic E-state index is 0.332. The average molecular weight is 317 g/mol. The number of thiophene rings is 1. The van der Waals surface area contributed by atoms with Crippen LogP contribution in [0.3, 0.4) is 0 Å². The van der Waals surface area contributed by atoms with Crippen molar-refractivity contribution in [3.8, 4) is 0 Å². The summed E-state index contributed by atoms with van der Waals surface area (Å²) in [5.74, 6) is 0. The predicted octanol–water partition coefficient (Wildman–Crippen LogP) is 5.11. The Labute approximate surface area is 133 Å². The summed E-state index contributed by atoms with van der Waals surface area (Å²) >= 11 is 8.07. The molecule has 21 heavy (non-hydrogen) atoms. The Kier molecular flexibility index (Phi) is 4.24. The molecule has 2 nitrogen and oxygen atoms in total. The van der Waals surface area contributed by atoms with Crippen molar-refractivity contribution in [3.63, 3.8) is 0 Å². The van der Waals surface area contributed by atoms with Crippen molar-refractivity contribution in [1.82, 2.24) is 10.3 Å². The molecule has 4 heteroatoms. The predicted molar refractivity (Wildman–Crippen MR) is 91.1 cm³/mol. The van der Waals surface area contributed by atoms with Gasteiger partial charge in [-0.2, -0.15) is 0 Å². The van der Waals surface area contributed by atoms with E-state index >= 15 is 0 Å². The van der Waals surface area contributed by atoms with Crippen molar-refractivity contribution in [1.29, 1.82) is 0 Å². The molecule has 2 aromatic heterocycles. The molecule has 0 aliphatic heterocycles. The first-order chi connectivity index (χ1) is 10.1. The molecule has 0 radical (unpaired) electrons. The number of hydrogen-bond donors (Lipinski definition) is 1. The van der Waals surface area contributed by atoms with E-state index in [2.05, 4.69) is 42.3 Å². The lowest BCUT2D eigenvalue weighted by Crippen LogP contribution is -2.17. The van der Waals surface area contributed by atoms with Crippen LogP contribution in [-0.4, -0.2) is 4.98 Å². The second kappa shape index (κ2) is 6.14. The van der Waals surface area contributed by atoms with E-state index in [0.29, 0.717) is 6.04 Å². The molecule has 0 amide bonds. The number of aromatic nitrogens is 1. The van der Waals surface area contributed by atoms with Gasteiger partial charge in [0.1, 0.15) is 0 Å². The smallest absolute Gasteiger partial charge is 0.0761 e. The fraction of sp³-hybridized carbons (Fsp3) is 0.235. The van der Waals surface area contributed by atoms with Gasteiger partial charge in [0.05, 0.1) is 5.52 Å². The highest BCUT2D eigenvalue weighted by Crippen LogP contribution is 2.26. The van der Waals surface area contributed by atoms with Crippen LogP contribution in [0.2, 0.25) is 5.02 Å². The second-order valence-electron chi connectivity index (χ2n) is 5.16. The van der Waals surface area contributed by atoms with E-state index in [4.69, 9.17) is 11.6 Å². The SMILES string of the molecule is Cc1ccc(C(C)NCc2ccc(Cl)c3cccnc23)s1. The quantitative estimate of drug-likeness (QED) is 0.723. The number of hydrogen-bond acceptors (Lipinski definition) is 3. The van der Waals surface area contributed by atoms with Gasteiger partial charge in [-0.25, -0.2) is 0 Å². The number of fused-ring (bicyclic) bond motifs is 1. The molecule has 3 rings (SSSR count). The number of halogens is 1. The zero-order chi connectivity index (χ0) is 14.8. The van der Waals surface area contributed by atoms with Gasteiger partial charge < -0.3 is 5.32 Å². The van der Waals surface area contributed by atoms with Gasteiger partial charge in [-0.05, 0) is 49.7 Å². The summed E-state index contributed by atoms with van der Waals surface area (Å²) in [4.78, 5) is 7.18. The van der Waals surface area contributed by atoms with E-state index in [1.807, 2.05) is 35.7 Å². The number of aryl methyl sites for hydroxylation is 1. The first-order valence-corrected chi connectivity index (χ1v) is 8.16. The van der Waals surface area contributed by atoms with E-state index in [0.717, 1.165) is 22.5 Å². The number of benzene rings is 1. The summed E-state index contributed by atoms with van der Waals surface area (Å²) in [6.07, 6.45) is 1.81. The van der Waals surface area contributed by atoms with Crippen molar-refractivity contribution >= 4 is 33.8 Å². The van der Waals surface area contributed by atoms with Crippen molar-refractivity contribution in [2.24, 2.45) is 0 Å². The molecule has 0 bridgehead atoms. The minimum absolute atomic E-state index is 0.332. The number of rotatable bonds is 4. The zero-order valence-corrected chi connectivity index (χ0v) is 13.6. The van der Waals surface area contributed by atoms with Crippen LogP contribution in [0.25, 0.3) is 10.9 Å². The van der Waals surface area contributed by atoms with Crippen LogP contribution in [-0.2, 0) is 6.54 Å². The minimum Gasteiger partial charge on any atom is -0.305 e. The highest BCUT2D eigenvalue weighted by atomic mass is 35.5. The number of nitrogens with one attached hydrogen (secondary N) is 1. The maximum absolute atomic E-state index is 6.23. The molecular weight excluding hydrogens is 300 g/mol. The standard InChI is InChI=1S/C17H17ClN2S/c1-11-5-8-16(21-11)12(2)20-10-13-6-7-15(18)14-4-3-9-19-17(13)14/h3-9,12,20H,10H2,1-2H3. The van der Waals surface area contributed by atoms with Crippen LogP contribution in [0, 0.1) is 6.92 Å². The summed E-state index contributed by atoms with van der Waals surface area (Å²) in [7, 11) is 0. The lowest BCUT2D eigenvalue weighted by atomic mass is 10.1. The molecule has 108 valence electrons. The van der Waals surface area contributed by atoms with E-state index in [1.54, 1.807) is 0 Å². The van der Waals surface area contributed by atoms with Crippen LogP contribution in [0.1, 0.15) is 28.3 Å². The maximum atomic E-state index is 6.23. The second-order valence-corrected chi connectivity index (χ2v) is 6.88. The fourth-order valence-corrected chi connectivity index (χ4v) is 3.51. The molecule has 0 spiro atoms. The molecule has 0 aliphatic carbocycles. The number of pyridine rings is 1. The summed E-state index contributed by atoms with van der Waals surface area (Å²) < 4.78 is 0. The summed E-state index contributed by atoms with van der Waals surface area (Å²) in [6.45, 7) is 5.11. The van der Waals surface area contributed by atoms with Crippen molar-refractivity contribution in [2.45, 2.75) is 26.4 Å². The lowest BCUT2D eigenvalue weighted by molar-refractivity contribution is 0.584. The Hall–Kier alpha value is -1.42. The highest BCUT2D eigenvalue weighted by molar-refractivity contribution is 7.12. The van der Waals surface area contributed by atoms with E-state index in [-0.39, 0.29) is 0 Å². The van der Waals surface area contributed by atoms with Gasteiger partial charge >= 0.3 is 0 Å². The third-order valence-electron chi connectivity index (χ3n) is 3.59. The van der Waals surface area contributed by atoms with Gasteiger partial charge in [-0.1, -0.05) is 17.7 Å². The third-order valence-corrected chi connectivity index (χ3v) is 5.10. The molecule has 1 atom stereocenters. The van der Waals surface area contributed by atoms with Gasteiger partial charge in [-0.3, -0.25) is 4.98 Å². The molecule has 2 heterocycles. The third kappa shape index (κ3) is 3.10. The Balaban J connectivity index is 1.81. The topological polar surface area (TPSA) is 24.9 Å². The van der Waals surface area contributed by atoms with Gasteiger partial charge in [0, 0.05) is 38.9 Å². The Morgan fingerprint density at radius 1 is 1.24 bits per heavy atom. The Bertz CT molecular complexity index is 766. The first kappa shape index (κ1) is 14.5. The first-order valence-electron chi connectivity index (χ1n) is 6.97. The Morgan fingerprint density at radius 2 is 2.10 bits per heavy atom. The average Bonchev–Trinajstić information content (AvgIpc) is 2.93. The molecule has 1 unspecified atom stereocenters. The number of nitrogens with zero attached hydrogens (tertiary/aromatic N) is 1. The molecular formula is C17H17ClN2S. The molecule has 0 aliphatic rings. The summed E-state index contributed by atoms with van der Waals surface area (Å²) in [5, 5.41) is 5.33. The monoisotopic (exact) mass is 316 g/mol. The van der Waals surface area contributed by atoms with Crippen LogP contribution in [0.4, 0.5) is 0 Å². The molecule has 0 saturated carbocycles. The van der Waals surface area contributed by atoms with Crippen LogP contribution in [0.5, 0.6) is 0 Å². The lowest BCUT2D eigenvalue weighted by Gasteiger charge is -2.13. The van der Waals surface area contributed by atoms with Gasteiger partial charge in [0.25, 0.3) is 0 Å². The molecule has 0 saturated heterocycles. The van der Waals surface area contributed by atoms with Gasteiger partial charge in [0.2, 0.25) is 0 Å². The zero-order valence-electron chi connectivity index (χ0n) is 12.1. The van der Waals surface area contributed by atoms with E-state index in [1.165, 1.54) is 15.3 Å². The normalized spacial score (nSPS) is 12.7. The molecule has 1 N–H and O–H groups in total. The highest BCUT2D eigenvalue weighted by Gasteiger charge is 2.10. The van der Waals surface area contributed by atoms with Gasteiger partial charge in [-0.15, -0.1) is 11.3 Å². The van der Waals surface area contributed by atoms with Crippen molar-refractivity contribution < 1.29 is 0 Å². The summed E-state index contributed by atoms with van der Waals surface area (Å²) in [5.41, 5.74) is 2.15. The molecule has 1 aromatic carbocycles. The van der Waals surface area contributed by atoms with Gasteiger partial charge in [0.15, 0.2) is 0 Å². The largest absolute Gasteiger partial charge is 0.305 e. The molecule has 3 aromatic rings. The van der Waals surface area contributed by atoms with Crippen LogP contribution in [0.15, 0.2) is 42.6 Å². The fourth-order valence-electron chi connectivity index (χ4n) is 2.39. The van der Waals surface area contributed by atoms with Crippen LogP contribution < -0.4 is 5.32 Å². The Morgan fingerprint density at radius 3 is 2.86 bits per heavy atom. The van der Waals surface area contributed by atoms with Crippen LogP contribution >= 0.6 is 22.9 Å². The molecule has 0 fully saturated rings. The van der Waals surface area contributed by atoms with Crippen molar-refractivity contribution in [3.05, 3.63) is 62.9 Å². The van der Waals surface area contributed by atoms with E-state index < -0.39 is 0 Å².